The SMILES string of the molecule is COc1cc(CNCC(C)Cn2ccnc2)cc(Cl)c1OC. The summed E-state index contributed by atoms with van der Waals surface area (Å²) in [7, 11) is 3.19. The Morgan fingerprint density at radius 1 is 1.32 bits per heavy atom. The predicted octanol–water partition coefficient (Wildman–Crippen LogP) is 2.98. The van der Waals surface area contributed by atoms with Crippen LogP contribution in [0.2, 0.25) is 5.02 Å². The Balaban J connectivity index is 1.87. The standard InChI is InChI=1S/C16H22ClN3O2/c1-12(10-20-5-4-18-11-20)8-19-9-13-6-14(17)16(22-3)15(7-13)21-2/h4-7,11-12,19H,8-10H2,1-3H3. The normalized spacial score (nSPS) is 12.2. The summed E-state index contributed by atoms with van der Waals surface area (Å²) in [6, 6.07) is 3.84. The van der Waals surface area contributed by atoms with Gasteiger partial charge >= 0.3 is 0 Å². The van der Waals surface area contributed by atoms with Crippen LogP contribution >= 0.6 is 11.6 Å². The van der Waals surface area contributed by atoms with Gasteiger partial charge in [0.05, 0.1) is 25.6 Å². The molecule has 0 amide bonds. The van der Waals surface area contributed by atoms with Crippen LogP contribution in [0.5, 0.6) is 11.5 Å². The fourth-order valence-electron chi connectivity index (χ4n) is 2.36. The van der Waals surface area contributed by atoms with E-state index in [1.54, 1.807) is 20.4 Å². The zero-order valence-corrected chi connectivity index (χ0v) is 13.9. The molecule has 2 aromatic rings. The van der Waals surface area contributed by atoms with Crippen LogP contribution in [0.3, 0.4) is 0 Å². The van der Waals surface area contributed by atoms with Crippen LogP contribution in [0.25, 0.3) is 0 Å². The zero-order chi connectivity index (χ0) is 15.9. The van der Waals surface area contributed by atoms with Gasteiger partial charge in [-0.05, 0) is 30.2 Å². The molecule has 0 bridgehead atoms. The summed E-state index contributed by atoms with van der Waals surface area (Å²) in [5.74, 6) is 1.73. The number of imidazole rings is 1. The van der Waals surface area contributed by atoms with Gasteiger partial charge in [-0.1, -0.05) is 18.5 Å². The van der Waals surface area contributed by atoms with E-state index in [4.69, 9.17) is 21.1 Å². The maximum atomic E-state index is 6.21. The van der Waals surface area contributed by atoms with Crippen LogP contribution in [-0.4, -0.2) is 30.3 Å². The Morgan fingerprint density at radius 3 is 2.77 bits per heavy atom. The van der Waals surface area contributed by atoms with E-state index < -0.39 is 0 Å². The van der Waals surface area contributed by atoms with E-state index in [9.17, 15) is 0 Å². The predicted molar refractivity (Wildman–Crippen MR) is 87.7 cm³/mol. The molecule has 120 valence electrons. The Morgan fingerprint density at radius 2 is 2.14 bits per heavy atom. The molecule has 0 saturated heterocycles. The van der Waals surface area contributed by atoms with Crippen LogP contribution < -0.4 is 14.8 Å². The van der Waals surface area contributed by atoms with Crippen molar-refractivity contribution in [3.8, 4) is 11.5 Å². The van der Waals surface area contributed by atoms with E-state index >= 15 is 0 Å². The second-order valence-electron chi connectivity index (χ2n) is 5.31. The van der Waals surface area contributed by atoms with E-state index in [0.717, 1.165) is 25.2 Å². The average molecular weight is 324 g/mol. The molecule has 0 aliphatic carbocycles. The highest BCUT2D eigenvalue weighted by Gasteiger charge is 2.11. The van der Waals surface area contributed by atoms with Gasteiger partial charge in [-0.25, -0.2) is 4.98 Å². The van der Waals surface area contributed by atoms with Crippen molar-refractivity contribution in [2.24, 2.45) is 5.92 Å². The molecule has 5 nitrogen and oxygen atoms in total. The molecule has 22 heavy (non-hydrogen) atoms. The summed E-state index contributed by atoms with van der Waals surface area (Å²) >= 11 is 6.21. The van der Waals surface area contributed by atoms with Gasteiger partial charge in [0.2, 0.25) is 0 Å². The third kappa shape index (κ3) is 4.39. The lowest BCUT2D eigenvalue weighted by molar-refractivity contribution is 0.354. The average Bonchev–Trinajstić information content (AvgIpc) is 2.99. The van der Waals surface area contributed by atoms with Crippen molar-refractivity contribution in [1.82, 2.24) is 14.9 Å². The molecule has 1 N–H and O–H groups in total. The summed E-state index contributed by atoms with van der Waals surface area (Å²) in [5, 5.41) is 4.00. The minimum Gasteiger partial charge on any atom is -0.493 e. The molecule has 0 spiro atoms. The van der Waals surface area contributed by atoms with Gasteiger partial charge in [0.1, 0.15) is 0 Å². The molecule has 0 aliphatic rings. The third-order valence-electron chi connectivity index (χ3n) is 3.40. The van der Waals surface area contributed by atoms with Gasteiger partial charge < -0.3 is 19.4 Å². The van der Waals surface area contributed by atoms with Crippen molar-refractivity contribution in [2.45, 2.75) is 20.0 Å². The molecule has 0 saturated carbocycles. The van der Waals surface area contributed by atoms with Crippen molar-refractivity contribution in [2.75, 3.05) is 20.8 Å². The number of rotatable bonds is 8. The Bertz CT molecular complexity index is 587. The van der Waals surface area contributed by atoms with Crippen molar-refractivity contribution >= 4 is 11.6 Å². The van der Waals surface area contributed by atoms with Gasteiger partial charge in [0.25, 0.3) is 0 Å². The van der Waals surface area contributed by atoms with E-state index in [2.05, 4.69) is 21.8 Å². The molecular formula is C16H22ClN3O2. The molecule has 0 aliphatic heterocycles. The number of hydrogen-bond donors (Lipinski definition) is 1. The monoisotopic (exact) mass is 323 g/mol. The molecule has 0 fully saturated rings. The number of nitrogens with one attached hydrogen (secondary N) is 1. The molecule has 1 aromatic carbocycles. The quantitative estimate of drug-likeness (QED) is 0.811. The number of ether oxygens (including phenoxy) is 2. The van der Waals surface area contributed by atoms with Gasteiger partial charge in [0, 0.05) is 25.5 Å². The van der Waals surface area contributed by atoms with Crippen molar-refractivity contribution in [3.63, 3.8) is 0 Å². The molecule has 1 heterocycles. The molecule has 1 unspecified atom stereocenters. The molecule has 6 heteroatoms. The summed E-state index contributed by atoms with van der Waals surface area (Å²) in [6.45, 7) is 4.78. The molecule has 1 atom stereocenters. The third-order valence-corrected chi connectivity index (χ3v) is 3.68. The first kappa shape index (κ1) is 16.6. The van der Waals surface area contributed by atoms with Crippen LogP contribution in [0.1, 0.15) is 12.5 Å². The number of hydrogen-bond acceptors (Lipinski definition) is 4. The van der Waals surface area contributed by atoms with Crippen LogP contribution in [-0.2, 0) is 13.1 Å². The van der Waals surface area contributed by atoms with E-state index in [1.807, 2.05) is 24.7 Å². The van der Waals surface area contributed by atoms with E-state index in [1.165, 1.54) is 0 Å². The lowest BCUT2D eigenvalue weighted by atomic mass is 10.1. The summed E-state index contributed by atoms with van der Waals surface area (Å²) in [4.78, 5) is 4.05. The maximum Gasteiger partial charge on any atom is 0.179 e. The maximum absolute atomic E-state index is 6.21. The molecular weight excluding hydrogens is 302 g/mol. The lowest BCUT2D eigenvalue weighted by Gasteiger charge is -2.15. The van der Waals surface area contributed by atoms with E-state index in [0.29, 0.717) is 22.4 Å². The zero-order valence-electron chi connectivity index (χ0n) is 13.2. The van der Waals surface area contributed by atoms with Crippen molar-refractivity contribution < 1.29 is 9.47 Å². The van der Waals surface area contributed by atoms with E-state index in [-0.39, 0.29) is 0 Å². The largest absolute Gasteiger partial charge is 0.493 e. The Kier molecular flexibility index (Phi) is 6.10. The highest BCUT2D eigenvalue weighted by Crippen LogP contribution is 2.35. The number of halogens is 1. The molecule has 0 radical (unpaired) electrons. The Labute approximate surface area is 136 Å². The second kappa shape index (κ2) is 8.06. The molecule has 2 rings (SSSR count). The first-order chi connectivity index (χ1) is 10.6. The van der Waals surface area contributed by atoms with Crippen molar-refractivity contribution in [3.05, 3.63) is 41.4 Å². The minimum absolute atomic E-state index is 0.504. The number of methoxy groups -OCH3 is 2. The fourth-order valence-corrected chi connectivity index (χ4v) is 2.67. The lowest BCUT2D eigenvalue weighted by Crippen LogP contribution is -2.23. The second-order valence-corrected chi connectivity index (χ2v) is 5.72. The molecule has 1 aromatic heterocycles. The number of nitrogens with zero attached hydrogens (tertiary/aromatic N) is 2. The van der Waals surface area contributed by atoms with Crippen molar-refractivity contribution in [1.29, 1.82) is 0 Å². The number of aromatic nitrogens is 2. The summed E-state index contributed by atoms with van der Waals surface area (Å²) in [6.07, 6.45) is 5.61. The first-order valence-corrected chi connectivity index (χ1v) is 7.58. The first-order valence-electron chi connectivity index (χ1n) is 7.21. The van der Waals surface area contributed by atoms with Crippen LogP contribution in [0.4, 0.5) is 0 Å². The van der Waals surface area contributed by atoms with Gasteiger partial charge in [-0.15, -0.1) is 0 Å². The fraction of sp³-hybridized carbons (Fsp3) is 0.438. The Hall–Kier alpha value is -1.72. The van der Waals surface area contributed by atoms with Crippen LogP contribution in [0.15, 0.2) is 30.9 Å². The smallest absolute Gasteiger partial charge is 0.179 e. The summed E-state index contributed by atoms with van der Waals surface area (Å²) < 4.78 is 12.6. The van der Waals surface area contributed by atoms with Gasteiger partial charge in [-0.2, -0.15) is 0 Å². The minimum atomic E-state index is 0.504. The summed E-state index contributed by atoms with van der Waals surface area (Å²) in [5.41, 5.74) is 1.07. The highest BCUT2D eigenvalue weighted by molar-refractivity contribution is 6.32. The number of benzene rings is 1. The van der Waals surface area contributed by atoms with Gasteiger partial charge in [0.15, 0.2) is 11.5 Å². The highest BCUT2D eigenvalue weighted by atomic mass is 35.5. The van der Waals surface area contributed by atoms with Gasteiger partial charge in [-0.3, -0.25) is 0 Å². The topological polar surface area (TPSA) is 48.3 Å². The van der Waals surface area contributed by atoms with Crippen LogP contribution in [0, 0.1) is 5.92 Å².